The second-order valence-electron chi connectivity index (χ2n) is 5.76. The second-order valence-corrected chi connectivity index (χ2v) is 5.76. The van der Waals surface area contributed by atoms with E-state index in [1.165, 1.54) is 27.8 Å². The number of Topliss-reactive ketones (excluding diaryl/α,β-unsaturated/α-hetero) is 1. The van der Waals surface area contributed by atoms with E-state index >= 15 is 0 Å². The predicted molar refractivity (Wildman–Crippen MR) is 84.2 cm³/mol. The summed E-state index contributed by atoms with van der Waals surface area (Å²) in [5.74, 6) is 0.283. The molecule has 0 aliphatic heterocycles. The molecule has 1 nitrogen and oxygen atoms in total. The Morgan fingerprint density at radius 1 is 0.850 bits per heavy atom. The third-order valence-electron chi connectivity index (χ3n) is 3.70. The van der Waals surface area contributed by atoms with Crippen molar-refractivity contribution in [1.82, 2.24) is 0 Å². The number of ketones is 1. The van der Waals surface area contributed by atoms with E-state index in [0.717, 1.165) is 5.56 Å². The average Bonchev–Trinajstić information content (AvgIpc) is 2.33. The number of aryl methyl sites for hydroxylation is 4. The molecule has 104 valence electrons. The van der Waals surface area contributed by atoms with Gasteiger partial charge in [-0.1, -0.05) is 47.5 Å². The molecule has 0 spiro atoms. The fourth-order valence-electron chi connectivity index (χ4n) is 2.80. The van der Waals surface area contributed by atoms with Gasteiger partial charge in [0, 0.05) is 12.8 Å². The minimum atomic E-state index is 0.283. The molecule has 0 N–H and O–H groups in total. The van der Waals surface area contributed by atoms with Crippen LogP contribution in [0.15, 0.2) is 36.4 Å². The van der Waals surface area contributed by atoms with Crippen LogP contribution in [0, 0.1) is 27.7 Å². The molecule has 0 saturated heterocycles. The smallest absolute Gasteiger partial charge is 0.141 e. The van der Waals surface area contributed by atoms with Crippen molar-refractivity contribution in [3.63, 3.8) is 0 Å². The summed E-state index contributed by atoms with van der Waals surface area (Å²) in [7, 11) is 0. The van der Waals surface area contributed by atoms with Crippen molar-refractivity contribution in [1.29, 1.82) is 0 Å². The number of rotatable bonds is 4. The molecule has 2 rings (SSSR count). The Kier molecular flexibility index (Phi) is 4.39. The first-order valence-corrected chi connectivity index (χ1v) is 7.09. The van der Waals surface area contributed by atoms with Crippen LogP contribution in [0.4, 0.5) is 0 Å². The Labute approximate surface area is 121 Å². The fraction of sp³-hybridized carbons (Fsp3) is 0.316. The van der Waals surface area contributed by atoms with E-state index in [1.54, 1.807) is 0 Å². The molecule has 2 aromatic carbocycles. The first-order valence-electron chi connectivity index (χ1n) is 7.09. The lowest BCUT2D eigenvalue weighted by molar-refractivity contribution is -0.117. The Balaban J connectivity index is 2.13. The minimum Gasteiger partial charge on any atom is -0.299 e. The summed E-state index contributed by atoms with van der Waals surface area (Å²) >= 11 is 0. The van der Waals surface area contributed by atoms with Gasteiger partial charge in [0.25, 0.3) is 0 Å². The zero-order valence-corrected chi connectivity index (χ0v) is 12.8. The summed E-state index contributed by atoms with van der Waals surface area (Å²) in [6.45, 7) is 8.34. The van der Waals surface area contributed by atoms with Gasteiger partial charge in [-0.25, -0.2) is 0 Å². The highest BCUT2D eigenvalue weighted by Gasteiger charge is 2.10. The van der Waals surface area contributed by atoms with Crippen LogP contribution in [-0.4, -0.2) is 5.78 Å². The normalized spacial score (nSPS) is 10.6. The van der Waals surface area contributed by atoms with Crippen molar-refractivity contribution in [3.8, 4) is 0 Å². The van der Waals surface area contributed by atoms with E-state index in [4.69, 9.17) is 0 Å². The highest BCUT2D eigenvalue weighted by atomic mass is 16.1. The lowest BCUT2D eigenvalue weighted by Crippen LogP contribution is -2.09. The molecule has 1 heteroatoms. The van der Waals surface area contributed by atoms with Gasteiger partial charge in [0.15, 0.2) is 0 Å². The van der Waals surface area contributed by atoms with E-state index in [-0.39, 0.29) is 5.78 Å². The maximum Gasteiger partial charge on any atom is 0.141 e. The number of carbonyl (C=O) groups excluding carboxylic acids is 1. The second kappa shape index (κ2) is 6.04. The maximum absolute atomic E-state index is 12.3. The average molecular weight is 266 g/mol. The van der Waals surface area contributed by atoms with Gasteiger partial charge in [-0.05, 0) is 49.9 Å². The van der Waals surface area contributed by atoms with Crippen LogP contribution in [0.25, 0.3) is 0 Å². The molecule has 0 unspecified atom stereocenters. The van der Waals surface area contributed by atoms with E-state index in [9.17, 15) is 4.79 Å². The zero-order valence-electron chi connectivity index (χ0n) is 12.8. The van der Waals surface area contributed by atoms with Crippen molar-refractivity contribution in [3.05, 3.63) is 69.8 Å². The molecule has 0 fully saturated rings. The van der Waals surface area contributed by atoms with Gasteiger partial charge < -0.3 is 0 Å². The van der Waals surface area contributed by atoms with Gasteiger partial charge in [0.1, 0.15) is 5.78 Å². The predicted octanol–water partition coefficient (Wildman–Crippen LogP) is 4.27. The van der Waals surface area contributed by atoms with Crippen molar-refractivity contribution in [2.45, 2.75) is 40.5 Å². The number of hydrogen-bond acceptors (Lipinski definition) is 1. The molecule has 0 bridgehead atoms. The molecule has 20 heavy (non-hydrogen) atoms. The van der Waals surface area contributed by atoms with Crippen molar-refractivity contribution in [2.24, 2.45) is 0 Å². The van der Waals surface area contributed by atoms with E-state index in [1.807, 2.05) is 12.1 Å². The quantitative estimate of drug-likeness (QED) is 0.807. The molecule has 0 aliphatic carbocycles. The summed E-state index contributed by atoms with van der Waals surface area (Å²) in [5, 5.41) is 0. The molecule has 0 radical (unpaired) electrons. The highest BCUT2D eigenvalue weighted by Crippen LogP contribution is 2.18. The van der Waals surface area contributed by atoms with Crippen LogP contribution in [0.2, 0.25) is 0 Å². The third-order valence-corrected chi connectivity index (χ3v) is 3.70. The summed E-state index contributed by atoms with van der Waals surface area (Å²) in [4.78, 5) is 12.3. The molecule has 0 heterocycles. The van der Waals surface area contributed by atoms with Gasteiger partial charge in [-0.2, -0.15) is 0 Å². The standard InChI is InChI=1S/C19H22O/c1-13-6-5-7-17(10-13)11-18(20)12-19-15(3)8-14(2)9-16(19)4/h5-10H,11-12H2,1-4H3. The fourth-order valence-corrected chi connectivity index (χ4v) is 2.80. The van der Waals surface area contributed by atoms with Crippen LogP contribution < -0.4 is 0 Å². The Hall–Kier alpha value is -1.89. The number of hydrogen-bond donors (Lipinski definition) is 0. The van der Waals surface area contributed by atoms with E-state index in [0.29, 0.717) is 12.8 Å². The molecular formula is C19H22O. The van der Waals surface area contributed by atoms with Gasteiger partial charge in [-0.15, -0.1) is 0 Å². The van der Waals surface area contributed by atoms with Crippen molar-refractivity contribution >= 4 is 5.78 Å². The summed E-state index contributed by atoms with van der Waals surface area (Å²) in [6.07, 6.45) is 1.06. The topological polar surface area (TPSA) is 17.1 Å². The van der Waals surface area contributed by atoms with E-state index in [2.05, 4.69) is 52.0 Å². The molecule has 0 aliphatic rings. The van der Waals surface area contributed by atoms with Gasteiger partial charge in [-0.3, -0.25) is 4.79 Å². The van der Waals surface area contributed by atoms with Crippen LogP contribution in [0.3, 0.4) is 0 Å². The van der Waals surface area contributed by atoms with Gasteiger partial charge >= 0.3 is 0 Å². The summed E-state index contributed by atoms with van der Waals surface area (Å²) < 4.78 is 0. The van der Waals surface area contributed by atoms with Crippen LogP contribution in [0.5, 0.6) is 0 Å². The van der Waals surface area contributed by atoms with E-state index < -0.39 is 0 Å². The first kappa shape index (κ1) is 14.5. The SMILES string of the molecule is Cc1cccc(CC(=O)Cc2c(C)cc(C)cc2C)c1. The summed E-state index contributed by atoms with van der Waals surface area (Å²) in [6, 6.07) is 12.5. The lowest BCUT2D eigenvalue weighted by Gasteiger charge is -2.11. The number of benzene rings is 2. The van der Waals surface area contributed by atoms with Crippen LogP contribution in [-0.2, 0) is 17.6 Å². The Morgan fingerprint density at radius 3 is 2.10 bits per heavy atom. The molecule has 2 aromatic rings. The van der Waals surface area contributed by atoms with Crippen molar-refractivity contribution < 1.29 is 4.79 Å². The number of carbonyl (C=O) groups is 1. The van der Waals surface area contributed by atoms with Crippen LogP contribution >= 0.6 is 0 Å². The Bertz CT molecular complexity index is 615. The minimum absolute atomic E-state index is 0.283. The Morgan fingerprint density at radius 2 is 1.50 bits per heavy atom. The highest BCUT2D eigenvalue weighted by molar-refractivity contribution is 5.83. The maximum atomic E-state index is 12.3. The zero-order chi connectivity index (χ0) is 14.7. The first-order chi connectivity index (χ1) is 9.45. The molecule has 0 amide bonds. The van der Waals surface area contributed by atoms with Crippen molar-refractivity contribution in [2.75, 3.05) is 0 Å². The van der Waals surface area contributed by atoms with Crippen LogP contribution in [0.1, 0.15) is 33.4 Å². The van der Waals surface area contributed by atoms with Gasteiger partial charge in [0.05, 0.1) is 0 Å². The lowest BCUT2D eigenvalue weighted by atomic mass is 9.94. The monoisotopic (exact) mass is 266 g/mol. The molecule has 0 saturated carbocycles. The molecule has 0 aromatic heterocycles. The third kappa shape index (κ3) is 3.57. The molecule has 0 atom stereocenters. The molecular weight excluding hydrogens is 244 g/mol. The van der Waals surface area contributed by atoms with Gasteiger partial charge in [0.2, 0.25) is 0 Å². The summed E-state index contributed by atoms with van der Waals surface area (Å²) in [5.41, 5.74) is 7.21. The largest absolute Gasteiger partial charge is 0.299 e.